The summed E-state index contributed by atoms with van der Waals surface area (Å²) < 4.78 is 7.44. The van der Waals surface area contributed by atoms with Crippen molar-refractivity contribution < 1.29 is 19.7 Å². The van der Waals surface area contributed by atoms with Crippen LogP contribution in [0.4, 0.5) is 0 Å². The normalized spacial score (nSPS) is 17.4. The topological polar surface area (TPSA) is 97.5 Å². The molecule has 1 aromatic carbocycles. The number of aromatic nitrogens is 3. The first-order chi connectivity index (χ1) is 13.3. The highest BCUT2D eigenvalue weighted by Crippen LogP contribution is 2.41. The zero-order valence-electron chi connectivity index (χ0n) is 15.9. The summed E-state index contributed by atoms with van der Waals surface area (Å²) in [5.74, 6) is -0.971. The van der Waals surface area contributed by atoms with Gasteiger partial charge in [0.2, 0.25) is 0 Å². The molecule has 2 heterocycles. The van der Waals surface area contributed by atoms with E-state index < -0.39 is 12.1 Å². The van der Waals surface area contributed by atoms with Gasteiger partial charge in [0, 0.05) is 17.1 Å². The lowest BCUT2D eigenvalue weighted by atomic mass is 9.70. The Bertz CT molecular complexity index is 1000. The van der Waals surface area contributed by atoms with Gasteiger partial charge in [-0.3, -0.25) is 0 Å². The van der Waals surface area contributed by atoms with Gasteiger partial charge in [0.05, 0.1) is 30.2 Å². The number of aliphatic hydroxyl groups excluding tert-OH is 1. The molecule has 1 saturated carbocycles. The molecule has 7 heteroatoms. The number of nitrogens with zero attached hydrogens (tertiary/aromatic N) is 3. The van der Waals surface area contributed by atoms with Crippen LogP contribution in [0.3, 0.4) is 0 Å². The number of aliphatic hydroxyl groups is 1. The number of ether oxygens (including phenoxy) is 1. The molecule has 1 fully saturated rings. The number of carboxylic acids is 1. The molecule has 1 atom stereocenters. The van der Waals surface area contributed by atoms with E-state index in [4.69, 9.17) is 9.84 Å². The van der Waals surface area contributed by atoms with Crippen molar-refractivity contribution in [1.29, 1.82) is 0 Å². The van der Waals surface area contributed by atoms with Gasteiger partial charge in [-0.2, -0.15) is 5.10 Å². The predicted molar refractivity (Wildman–Crippen MR) is 104 cm³/mol. The zero-order chi connectivity index (χ0) is 19.9. The minimum atomic E-state index is -0.971. The van der Waals surface area contributed by atoms with Crippen molar-refractivity contribution in [2.24, 2.45) is 5.41 Å². The third-order valence-corrected chi connectivity index (χ3v) is 5.22. The van der Waals surface area contributed by atoms with E-state index >= 15 is 0 Å². The van der Waals surface area contributed by atoms with Crippen LogP contribution in [0.2, 0.25) is 0 Å². The number of hydrogen-bond acceptors (Lipinski definition) is 5. The lowest BCUT2D eigenvalue weighted by molar-refractivity contribution is -0.0908. The predicted octanol–water partition coefficient (Wildman–Crippen LogP) is 3.36. The van der Waals surface area contributed by atoms with Crippen LogP contribution in [0.1, 0.15) is 48.7 Å². The summed E-state index contributed by atoms with van der Waals surface area (Å²) in [7, 11) is 0. The number of pyridine rings is 1. The molecule has 2 aromatic heterocycles. The van der Waals surface area contributed by atoms with E-state index in [0.717, 1.165) is 23.9 Å². The third-order valence-electron chi connectivity index (χ3n) is 5.22. The lowest BCUT2D eigenvalue weighted by Gasteiger charge is -2.42. The van der Waals surface area contributed by atoms with Crippen molar-refractivity contribution in [1.82, 2.24) is 14.8 Å². The summed E-state index contributed by atoms with van der Waals surface area (Å²) in [5.41, 5.74) is 2.60. The molecule has 4 rings (SSSR count). The second-order valence-corrected chi connectivity index (χ2v) is 8.13. The van der Waals surface area contributed by atoms with Gasteiger partial charge in [-0.05, 0) is 48.6 Å². The minimum absolute atomic E-state index is 0.216. The number of benzene rings is 1. The summed E-state index contributed by atoms with van der Waals surface area (Å²) in [6, 6.07) is 8.30. The molecule has 0 unspecified atom stereocenters. The van der Waals surface area contributed by atoms with Crippen LogP contribution in [-0.2, 0) is 4.74 Å². The van der Waals surface area contributed by atoms with Crippen LogP contribution in [0.15, 0.2) is 42.7 Å². The molecule has 0 spiro atoms. The molecule has 7 nitrogen and oxygen atoms in total. The first-order valence-electron chi connectivity index (χ1n) is 9.29. The highest BCUT2D eigenvalue weighted by molar-refractivity contribution is 5.87. The Morgan fingerprint density at radius 2 is 2.00 bits per heavy atom. The lowest BCUT2D eigenvalue weighted by Crippen LogP contribution is -2.38. The summed E-state index contributed by atoms with van der Waals surface area (Å²) in [5, 5.41) is 24.6. The molecule has 1 aliphatic carbocycles. The van der Waals surface area contributed by atoms with Crippen LogP contribution in [0.25, 0.3) is 16.7 Å². The Morgan fingerprint density at radius 3 is 2.64 bits per heavy atom. The van der Waals surface area contributed by atoms with Crippen molar-refractivity contribution in [3.8, 4) is 5.69 Å². The fourth-order valence-electron chi connectivity index (χ4n) is 3.67. The smallest absolute Gasteiger partial charge is 0.335 e. The quantitative estimate of drug-likeness (QED) is 0.679. The van der Waals surface area contributed by atoms with Crippen molar-refractivity contribution in [3.05, 3.63) is 53.9 Å². The van der Waals surface area contributed by atoms with Gasteiger partial charge in [0.1, 0.15) is 6.10 Å². The molecule has 3 aromatic rings. The van der Waals surface area contributed by atoms with E-state index in [1.54, 1.807) is 29.2 Å². The van der Waals surface area contributed by atoms with Gasteiger partial charge in [-0.15, -0.1) is 0 Å². The minimum Gasteiger partial charge on any atom is -0.478 e. The van der Waals surface area contributed by atoms with Gasteiger partial charge in [0.15, 0.2) is 5.65 Å². The van der Waals surface area contributed by atoms with E-state index in [1.807, 2.05) is 6.07 Å². The summed E-state index contributed by atoms with van der Waals surface area (Å²) in [6.07, 6.45) is 4.83. The molecule has 0 amide bonds. The maximum Gasteiger partial charge on any atom is 0.335 e. The molecule has 0 radical (unpaired) electrons. The van der Waals surface area contributed by atoms with E-state index in [-0.39, 0.29) is 18.3 Å². The average Bonchev–Trinajstić information content (AvgIpc) is 3.07. The summed E-state index contributed by atoms with van der Waals surface area (Å²) in [6.45, 7) is 4.68. The van der Waals surface area contributed by atoms with E-state index in [2.05, 4.69) is 23.9 Å². The Balaban J connectivity index is 1.48. The fraction of sp³-hybridized carbons (Fsp3) is 0.381. The maximum atomic E-state index is 11.0. The average molecular weight is 381 g/mol. The largest absolute Gasteiger partial charge is 0.478 e. The van der Waals surface area contributed by atoms with Gasteiger partial charge < -0.3 is 14.9 Å². The molecule has 1 aliphatic rings. The molecular formula is C21H23N3O4. The Kier molecular flexibility index (Phi) is 4.64. The number of fused-ring (bicyclic) bond motifs is 1. The summed E-state index contributed by atoms with van der Waals surface area (Å²) in [4.78, 5) is 15.4. The van der Waals surface area contributed by atoms with Crippen molar-refractivity contribution in [2.75, 3.05) is 6.61 Å². The van der Waals surface area contributed by atoms with Crippen molar-refractivity contribution in [2.45, 2.75) is 38.9 Å². The van der Waals surface area contributed by atoms with E-state index in [0.29, 0.717) is 16.6 Å². The molecule has 28 heavy (non-hydrogen) atoms. The van der Waals surface area contributed by atoms with Gasteiger partial charge in [-0.25, -0.2) is 14.5 Å². The molecule has 0 saturated heterocycles. The fourth-order valence-corrected chi connectivity index (χ4v) is 3.67. The summed E-state index contributed by atoms with van der Waals surface area (Å²) >= 11 is 0. The number of hydrogen-bond donors (Lipinski definition) is 2. The maximum absolute atomic E-state index is 11.0. The monoisotopic (exact) mass is 381 g/mol. The van der Waals surface area contributed by atoms with Crippen LogP contribution in [-0.4, -0.2) is 43.7 Å². The van der Waals surface area contributed by atoms with Crippen LogP contribution >= 0.6 is 0 Å². The Morgan fingerprint density at radius 1 is 1.29 bits per heavy atom. The van der Waals surface area contributed by atoms with Crippen molar-refractivity contribution >= 4 is 17.0 Å². The van der Waals surface area contributed by atoms with Crippen LogP contribution in [0, 0.1) is 5.41 Å². The first-order valence-corrected chi connectivity index (χ1v) is 9.29. The van der Waals surface area contributed by atoms with Crippen molar-refractivity contribution in [3.63, 3.8) is 0 Å². The molecular weight excluding hydrogens is 358 g/mol. The van der Waals surface area contributed by atoms with Crippen LogP contribution in [0.5, 0.6) is 0 Å². The number of rotatable bonds is 6. The SMILES string of the molecule is CC1(C)CC(OC[C@@H](O)c2cnc3c(cnn3-c3ccc(C(=O)O)cc3)c2)C1. The second-order valence-electron chi connectivity index (χ2n) is 8.13. The molecule has 0 aliphatic heterocycles. The molecule has 0 bridgehead atoms. The number of carboxylic acid groups (broad SMARTS) is 1. The number of aromatic carboxylic acids is 1. The number of carbonyl (C=O) groups is 1. The third kappa shape index (κ3) is 3.63. The molecule has 146 valence electrons. The second kappa shape index (κ2) is 7.00. The highest BCUT2D eigenvalue weighted by Gasteiger charge is 2.36. The van der Waals surface area contributed by atoms with Gasteiger partial charge >= 0.3 is 5.97 Å². The standard InChI is InChI=1S/C21H23N3O4/c1-21(2)8-17(9-21)28-12-18(25)14-7-15-11-23-24(19(15)22-10-14)16-5-3-13(4-6-16)20(26)27/h3-7,10-11,17-18,25H,8-9,12H2,1-2H3,(H,26,27)/t18-/m1/s1. The Labute approximate surface area is 162 Å². The van der Waals surface area contributed by atoms with E-state index in [9.17, 15) is 9.90 Å². The van der Waals surface area contributed by atoms with Gasteiger partial charge in [-0.1, -0.05) is 13.8 Å². The van der Waals surface area contributed by atoms with Crippen LogP contribution < -0.4 is 0 Å². The molecule has 2 N–H and O–H groups in total. The van der Waals surface area contributed by atoms with E-state index in [1.165, 1.54) is 12.1 Å². The first kappa shape index (κ1) is 18.6. The highest BCUT2D eigenvalue weighted by atomic mass is 16.5. The zero-order valence-corrected chi connectivity index (χ0v) is 15.9. The Hall–Kier alpha value is -2.77. The van der Waals surface area contributed by atoms with Gasteiger partial charge in [0.25, 0.3) is 0 Å².